The van der Waals surface area contributed by atoms with Gasteiger partial charge in [-0.25, -0.2) is 14.4 Å². The van der Waals surface area contributed by atoms with Crippen LogP contribution in [0.2, 0.25) is 0 Å². The highest BCUT2D eigenvalue weighted by Gasteiger charge is 2.21. The van der Waals surface area contributed by atoms with Gasteiger partial charge in [-0.05, 0) is 35.9 Å². The van der Waals surface area contributed by atoms with Crippen LogP contribution in [0.25, 0.3) is 10.9 Å². The number of hydrogen-bond donors (Lipinski definition) is 0. The molecular weight excluding hydrogens is 347 g/mol. The molecule has 0 N–H and O–H groups in total. The van der Waals surface area contributed by atoms with Gasteiger partial charge < -0.3 is 14.4 Å². The van der Waals surface area contributed by atoms with E-state index in [4.69, 9.17) is 9.47 Å². The van der Waals surface area contributed by atoms with Crippen molar-refractivity contribution >= 4 is 16.7 Å². The van der Waals surface area contributed by atoms with E-state index in [0.29, 0.717) is 6.79 Å². The minimum Gasteiger partial charge on any atom is -0.454 e. The van der Waals surface area contributed by atoms with Crippen LogP contribution in [0.4, 0.5) is 10.2 Å². The number of fused-ring (bicyclic) bond motifs is 2. The normalized spacial score (nSPS) is 16.9. The lowest BCUT2D eigenvalue weighted by atomic mass is 10.1. The fourth-order valence-electron chi connectivity index (χ4n) is 3.68. The molecule has 0 spiro atoms. The summed E-state index contributed by atoms with van der Waals surface area (Å²) < 4.78 is 24.5. The zero-order valence-corrected chi connectivity index (χ0v) is 14.8. The van der Waals surface area contributed by atoms with Crippen LogP contribution >= 0.6 is 0 Å². The van der Waals surface area contributed by atoms with Crippen molar-refractivity contribution in [3.63, 3.8) is 0 Å². The predicted molar refractivity (Wildman–Crippen MR) is 99.6 cm³/mol. The van der Waals surface area contributed by atoms with Gasteiger partial charge in [0.2, 0.25) is 6.79 Å². The molecule has 1 fully saturated rings. The van der Waals surface area contributed by atoms with Gasteiger partial charge in [0.1, 0.15) is 18.0 Å². The largest absolute Gasteiger partial charge is 0.454 e. The molecule has 5 rings (SSSR count). The van der Waals surface area contributed by atoms with Crippen LogP contribution in [0, 0.1) is 5.82 Å². The number of anilines is 1. The van der Waals surface area contributed by atoms with Gasteiger partial charge in [-0.15, -0.1) is 0 Å². The van der Waals surface area contributed by atoms with E-state index in [1.807, 2.05) is 6.07 Å². The first-order chi connectivity index (χ1) is 13.3. The number of piperazine rings is 1. The molecule has 3 aromatic rings. The third-order valence-corrected chi connectivity index (χ3v) is 5.09. The first-order valence-corrected chi connectivity index (χ1v) is 9.02. The summed E-state index contributed by atoms with van der Waals surface area (Å²) in [5, 5.41) is 0.765. The summed E-state index contributed by atoms with van der Waals surface area (Å²) in [6.07, 6.45) is 1.55. The van der Waals surface area contributed by atoms with E-state index in [0.717, 1.165) is 60.9 Å². The Hall–Kier alpha value is -2.93. The van der Waals surface area contributed by atoms with Gasteiger partial charge in [-0.1, -0.05) is 6.07 Å². The summed E-state index contributed by atoms with van der Waals surface area (Å²) in [5.41, 5.74) is 1.98. The minimum atomic E-state index is -0.264. The maximum absolute atomic E-state index is 13.7. The number of hydrogen-bond acceptors (Lipinski definition) is 6. The molecule has 6 nitrogen and oxygen atoms in total. The maximum Gasteiger partial charge on any atom is 0.231 e. The molecule has 0 radical (unpaired) electrons. The molecule has 0 bridgehead atoms. The second kappa shape index (κ2) is 6.66. The van der Waals surface area contributed by atoms with Crippen molar-refractivity contribution in [3.8, 4) is 11.5 Å². The third-order valence-electron chi connectivity index (χ3n) is 5.09. The van der Waals surface area contributed by atoms with Crippen LogP contribution in [0.5, 0.6) is 11.5 Å². The Balaban J connectivity index is 1.29. The van der Waals surface area contributed by atoms with Crippen LogP contribution < -0.4 is 14.4 Å². The van der Waals surface area contributed by atoms with Crippen LogP contribution in [0.15, 0.2) is 42.7 Å². The molecule has 138 valence electrons. The number of halogens is 1. The van der Waals surface area contributed by atoms with Crippen molar-refractivity contribution in [1.82, 2.24) is 14.9 Å². The van der Waals surface area contributed by atoms with E-state index >= 15 is 0 Å². The van der Waals surface area contributed by atoms with Gasteiger partial charge >= 0.3 is 0 Å². The van der Waals surface area contributed by atoms with Gasteiger partial charge in [0, 0.05) is 38.1 Å². The van der Waals surface area contributed by atoms with Crippen molar-refractivity contribution in [2.24, 2.45) is 0 Å². The number of nitrogens with zero attached hydrogens (tertiary/aromatic N) is 4. The highest BCUT2D eigenvalue weighted by Crippen LogP contribution is 2.33. The van der Waals surface area contributed by atoms with Gasteiger partial charge in [0.05, 0.1) is 5.52 Å². The molecule has 7 heteroatoms. The van der Waals surface area contributed by atoms with Crippen LogP contribution in [0.1, 0.15) is 5.56 Å². The molecule has 27 heavy (non-hydrogen) atoms. The Morgan fingerprint density at radius 1 is 0.926 bits per heavy atom. The first kappa shape index (κ1) is 16.3. The second-order valence-electron chi connectivity index (χ2n) is 6.81. The Morgan fingerprint density at radius 2 is 1.78 bits per heavy atom. The SMILES string of the molecule is Fc1ccc2ncnc(N3CCN(Cc4ccc5c(c4)OCO5)CC3)c2c1. The molecule has 0 amide bonds. The molecule has 0 aliphatic carbocycles. The number of ether oxygens (including phenoxy) is 2. The highest BCUT2D eigenvalue weighted by molar-refractivity contribution is 5.89. The zero-order chi connectivity index (χ0) is 18.2. The topological polar surface area (TPSA) is 50.7 Å². The zero-order valence-electron chi connectivity index (χ0n) is 14.8. The van der Waals surface area contributed by atoms with Crippen molar-refractivity contribution < 1.29 is 13.9 Å². The molecular formula is C20H19FN4O2. The van der Waals surface area contributed by atoms with Crippen molar-refractivity contribution in [2.75, 3.05) is 37.9 Å². The third kappa shape index (κ3) is 3.14. The van der Waals surface area contributed by atoms with Crippen molar-refractivity contribution in [1.29, 1.82) is 0 Å². The van der Waals surface area contributed by atoms with Crippen LogP contribution in [-0.2, 0) is 6.54 Å². The van der Waals surface area contributed by atoms with E-state index in [2.05, 4.69) is 31.9 Å². The van der Waals surface area contributed by atoms with E-state index < -0.39 is 0 Å². The summed E-state index contributed by atoms with van der Waals surface area (Å²) in [6, 6.07) is 10.8. The lowest BCUT2D eigenvalue weighted by molar-refractivity contribution is 0.174. The highest BCUT2D eigenvalue weighted by atomic mass is 19.1. The molecule has 3 heterocycles. The van der Waals surface area contributed by atoms with Gasteiger partial charge in [-0.3, -0.25) is 4.90 Å². The van der Waals surface area contributed by atoms with Gasteiger partial charge in [-0.2, -0.15) is 0 Å². The molecule has 0 atom stereocenters. The average molecular weight is 366 g/mol. The lowest BCUT2D eigenvalue weighted by Crippen LogP contribution is -2.46. The summed E-state index contributed by atoms with van der Waals surface area (Å²) in [5.74, 6) is 2.18. The maximum atomic E-state index is 13.7. The summed E-state index contributed by atoms with van der Waals surface area (Å²) in [7, 11) is 0. The van der Waals surface area contributed by atoms with Crippen LogP contribution in [0.3, 0.4) is 0 Å². The smallest absolute Gasteiger partial charge is 0.231 e. The number of aromatic nitrogens is 2. The van der Waals surface area contributed by atoms with E-state index in [9.17, 15) is 4.39 Å². The molecule has 0 saturated carbocycles. The summed E-state index contributed by atoms with van der Waals surface area (Å²) in [6.45, 7) is 4.67. The fourth-order valence-corrected chi connectivity index (χ4v) is 3.68. The Labute approximate surface area is 156 Å². The number of rotatable bonds is 3. The standard InChI is InChI=1S/C20H19FN4O2/c21-15-2-3-17-16(10-15)20(23-12-22-17)25-7-5-24(6-8-25)11-14-1-4-18-19(9-14)27-13-26-18/h1-4,9-10,12H,5-8,11,13H2. The lowest BCUT2D eigenvalue weighted by Gasteiger charge is -2.35. The van der Waals surface area contributed by atoms with Crippen molar-refractivity contribution in [3.05, 3.63) is 54.1 Å². The first-order valence-electron chi connectivity index (χ1n) is 9.02. The molecule has 2 aromatic carbocycles. The average Bonchev–Trinajstić information content (AvgIpc) is 3.16. The molecule has 1 saturated heterocycles. The van der Waals surface area contributed by atoms with E-state index in [1.165, 1.54) is 17.7 Å². The molecule has 0 unspecified atom stereocenters. The number of benzene rings is 2. The molecule has 2 aliphatic heterocycles. The summed E-state index contributed by atoms with van der Waals surface area (Å²) in [4.78, 5) is 13.3. The van der Waals surface area contributed by atoms with Crippen LogP contribution in [-0.4, -0.2) is 47.8 Å². The Morgan fingerprint density at radius 3 is 2.67 bits per heavy atom. The molecule has 2 aliphatic rings. The molecule has 1 aromatic heterocycles. The quantitative estimate of drug-likeness (QED) is 0.711. The Bertz CT molecular complexity index is 989. The second-order valence-corrected chi connectivity index (χ2v) is 6.81. The van der Waals surface area contributed by atoms with Gasteiger partial charge in [0.15, 0.2) is 11.5 Å². The van der Waals surface area contributed by atoms with E-state index in [1.54, 1.807) is 12.4 Å². The summed E-state index contributed by atoms with van der Waals surface area (Å²) >= 11 is 0. The van der Waals surface area contributed by atoms with Crippen molar-refractivity contribution in [2.45, 2.75) is 6.54 Å². The minimum absolute atomic E-state index is 0.264. The monoisotopic (exact) mass is 366 g/mol. The predicted octanol–water partition coefficient (Wildman–Crippen LogP) is 2.82. The van der Waals surface area contributed by atoms with E-state index in [-0.39, 0.29) is 5.82 Å². The fraction of sp³-hybridized carbons (Fsp3) is 0.300. The Kier molecular flexibility index (Phi) is 4.01. The van der Waals surface area contributed by atoms with Gasteiger partial charge in [0.25, 0.3) is 0 Å².